The van der Waals surface area contributed by atoms with Crippen LogP contribution in [-0.2, 0) is 16.6 Å². The number of carboxylic acids is 1. The lowest BCUT2D eigenvalue weighted by Crippen LogP contribution is -2.15. The zero-order valence-corrected chi connectivity index (χ0v) is 12.7. The normalized spacial score (nSPS) is 11.3. The van der Waals surface area contributed by atoms with Crippen LogP contribution in [0.3, 0.4) is 0 Å². The number of benzene rings is 1. The summed E-state index contributed by atoms with van der Waals surface area (Å²) >= 11 is 0.764. The first-order chi connectivity index (χ1) is 9.94. The van der Waals surface area contributed by atoms with Crippen LogP contribution in [0, 0.1) is 0 Å². The summed E-state index contributed by atoms with van der Waals surface area (Å²) in [6.45, 7) is 0.594. The van der Waals surface area contributed by atoms with E-state index in [0.717, 1.165) is 16.9 Å². The second kappa shape index (κ2) is 6.20. The zero-order valence-electron chi connectivity index (χ0n) is 11.0. The Labute approximate surface area is 125 Å². The van der Waals surface area contributed by atoms with Crippen LogP contribution in [0.15, 0.2) is 34.0 Å². The number of nitrogens with one attached hydrogen (secondary N) is 2. The summed E-state index contributed by atoms with van der Waals surface area (Å²) in [7, 11) is -2.19. The molecule has 1 aromatic carbocycles. The predicted octanol–water partition coefficient (Wildman–Crippen LogP) is 1.36. The van der Waals surface area contributed by atoms with E-state index in [4.69, 9.17) is 5.11 Å². The van der Waals surface area contributed by atoms with Gasteiger partial charge in [0.25, 0.3) is 10.0 Å². The first kappa shape index (κ1) is 15.4. The number of aromatic carboxylic acids is 1. The van der Waals surface area contributed by atoms with Gasteiger partial charge >= 0.3 is 5.97 Å². The molecule has 0 spiro atoms. The van der Waals surface area contributed by atoms with E-state index in [9.17, 15) is 13.2 Å². The van der Waals surface area contributed by atoms with E-state index in [0.29, 0.717) is 12.2 Å². The van der Waals surface area contributed by atoms with Gasteiger partial charge in [-0.2, -0.15) is 0 Å². The number of thiazole rings is 1. The summed E-state index contributed by atoms with van der Waals surface area (Å²) in [5.74, 6) is -1.37. The van der Waals surface area contributed by atoms with Gasteiger partial charge in [-0.1, -0.05) is 12.1 Å². The van der Waals surface area contributed by atoms with Crippen molar-refractivity contribution in [1.29, 1.82) is 0 Å². The number of hydrogen-bond donors (Lipinski definition) is 3. The lowest BCUT2D eigenvalue weighted by molar-refractivity contribution is 0.0687. The Bertz CT molecular complexity index is 755. The van der Waals surface area contributed by atoms with Crippen LogP contribution in [0.2, 0.25) is 0 Å². The number of aromatic nitrogens is 1. The maximum atomic E-state index is 12.2. The molecule has 0 amide bonds. The predicted molar refractivity (Wildman–Crippen MR) is 79.1 cm³/mol. The molecular weight excluding hydrogens is 314 g/mol. The van der Waals surface area contributed by atoms with Crippen molar-refractivity contribution in [2.75, 3.05) is 11.8 Å². The number of sulfonamides is 1. The minimum atomic E-state index is -3.97. The molecule has 1 heterocycles. The number of hydrogen-bond acceptors (Lipinski definition) is 6. The monoisotopic (exact) mass is 327 g/mol. The topological polar surface area (TPSA) is 108 Å². The van der Waals surface area contributed by atoms with Crippen molar-refractivity contribution in [2.24, 2.45) is 0 Å². The Morgan fingerprint density at radius 1 is 1.43 bits per heavy atom. The minimum Gasteiger partial charge on any atom is -0.476 e. The molecule has 0 bridgehead atoms. The van der Waals surface area contributed by atoms with Gasteiger partial charge in [-0.15, -0.1) is 11.3 Å². The molecule has 9 heteroatoms. The van der Waals surface area contributed by atoms with Crippen LogP contribution in [0.4, 0.5) is 5.69 Å². The Hall–Kier alpha value is -1.97. The fourth-order valence-electron chi connectivity index (χ4n) is 1.72. The number of carboxylic acid groups (broad SMARTS) is 1. The van der Waals surface area contributed by atoms with Crippen LogP contribution < -0.4 is 10.0 Å². The van der Waals surface area contributed by atoms with Gasteiger partial charge in [0.2, 0.25) is 0 Å². The van der Waals surface area contributed by atoms with Gasteiger partial charge in [-0.05, 0) is 24.7 Å². The molecule has 7 nitrogen and oxygen atoms in total. The number of carbonyl (C=O) groups is 1. The second-order valence-electron chi connectivity index (χ2n) is 4.13. The maximum absolute atomic E-state index is 12.2. The van der Waals surface area contributed by atoms with Crippen molar-refractivity contribution in [3.63, 3.8) is 0 Å². The molecular formula is C12H13N3O4S2. The van der Waals surface area contributed by atoms with Gasteiger partial charge in [-0.3, -0.25) is 4.72 Å². The molecule has 0 saturated carbocycles. The largest absolute Gasteiger partial charge is 0.476 e. The average Bonchev–Trinajstić information content (AvgIpc) is 2.89. The standard InChI is InChI=1S/C12H13N3O4S2/c1-13-6-8-3-2-4-9(5-8)15-21(18,19)12-10(11(16)17)14-7-20-12/h2-5,7,13,15H,6H2,1H3,(H,16,17). The van der Waals surface area contributed by atoms with E-state index >= 15 is 0 Å². The van der Waals surface area contributed by atoms with Crippen LogP contribution in [0.25, 0.3) is 0 Å². The number of nitrogens with zero attached hydrogens (tertiary/aromatic N) is 1. The maximum Gasteiger partial charge on any atom is 0.356 e. The number of rotatable bonds is 6. The third-order valence-electron chi connectivity index (χ3n) is 2.54. The number of anilines is 1. The Morgan fingerprint density at radius 2 is 2.19 bits per heavy atom. The van der Waals surface area contributed by atoms with Gasteiger partial charge in [0, 0.05) is 12.2 Å². The first-order valence-corrected chi connectivity index (χ1v) is 8.23. The molecule has 0 unspecified atom stereocenters. The van der Waals surface area contributed by atoms with Crippen molar-refractivity contribution in [1.82, 2.24) is 10.3 Å². The third kappa shape index (κ3) is 3.57. The van der Waals surface area contributed by atoms with Gasteiger partial charge in [-0.25, -0.2) is 18.2 Å². The fourth-order valence-corrected chi connectivity index (χ4v) is 3.91. The molecule has 0 aliphatic heterocycles. The quantitative estimate of drug-likeness (QED) is 0.739. The SMILES string of the molecule is CNCc1cccc(NS(=O)(=O)c2scnc2C(=O)O)c1. The van der Waals surface area contributed by atoms with E-state index < -0.39 is 21.7 Å². The van der Waals surface area contributed by atoms with Crippen molar-refractivity contribution in [3.05, 3.63) is 41.0 Å². The van der Waals surface area contributed by atoms with E-state index in [1.165, 1.54) is 5.51 Å². The van der Waals surface area contributed by atoms with Crippen LogP contribution >= 0.6 is 11.3 Å². The second-order valence-corrected chi connectivity index (χ2v) is 6.86. The lowest BCUT2D eigenvalue weighted by atomic mass is 10.2. The van der Waals surface area contributed by atoms with Crippen molar-refractivity contribution in [3.8, 4) is 0 Å². The Kier molecular flexibility index (Phi) is 4.56. The Morgan fingerprint density at radius 3 is 2.86 bits per heavy atom. The molecule has 112 valence electrons. The zero-order chi connectivity index (χ0) is 15.5. The van der Waals surface area contributed by atoms with E-state index in [1.54, 1.807) is 25.2 Å². The Balaban J connectivity index is 2.31. The van der Waals surface area contributed by atoms with E-state index in [2.05, 4.69) is 15.0 Å². The van der Waals surface area contributed by atoms with Gasteiger partial charge < -0.3 is 10.4 Å². The minimum absolute atomic E-state index is 0.311. The summed E-state index contributed by atoms with van der Waals surface area (Å²) in [6, 6.07) is 6.84. The third-order valence-corrected chi connectivity index (χ3v) is 5.29. The highest BCUT2D eigenvalue weighted by atomic mass is 32.2. The highest BCUT2D eigenvalue weighted by molar-refractivity contribution is 7.94. The van der Waals surface area contributed by atoms with Crippen molar-refractivity contribution in [2.45, 2.75) is 10.8 Å². The van der Waals surface area contributed by atoms with E-state index in [-0.39, 0.29) is 4.21 Å². The average molecular weight is 327 g/mol. The van der Waals surface area contributed by atoms with Crippen molar-refractivity contribution >= 4 is 33.0 Å². The molecule has 3 N–H and O–H groups in total. The molecule has 0 radical (unpaired) electrons. The fraction of sp³-hybridized carbons (Fsp3) is 0.167. The molecule has 0 atom stereocenters. The molecule has 2 aromatic rings. The highest BCUT2D eigenvalue weighted by Crippen LogP contribution is 2.23. The smallest absolute Gasteiger partial charge is 0.356 e. The van der Waals surface area contributed by atoms with Gasteiger partial charge in [0.1, 0.15) is 0 Å². The van der Waals surface area contributed by atoms with E-state index in [1.807, 2.05) is 6.07 Å². The van der Waals surface area contributed by atoms with Gasteiger partial charge in [0.15, 0.2) is 9.90 Å². The van der Waals surface area contributed by atoms with Crippen LogP contribution in [0.1, 0.15) is 16.1 Å². The molecule has 1 aromatic heterocycles. The summed E-state index contributed by atoms with van der Waals surface area (Å²) < 4.78 is 26.5. The molecule has 0 aliphatic carbocycles. The summed E-state index contributed by atoms with van der Waals surface area (Å²) in [5, 5.41) is 11.9. The molecule has 0 aliphatic rings. The van der Waals surface area contributed by atoms with Crippen molar-refractivity contribution < 1.29 is 18.3 Å². The molecule has 0 saturated heterocycles. The summed E-state index contributed by atoms with van der Waals surface area (Å²) in [4.78, 5) is 14.5. The highest BCUT2D eigenvalue weighted by Gasteiger charge is 2.25. The summed E-state index contributed by atoms with van der Waals surface area (Å²) in [5.41, 5.74) is 1.99. The first-order valence-electron chi connectivity index (χ1n) is 5.87. The summed E-state index contributed by atoms with van der Waals surface area (Å²) in [6.07, 6.45) is 0. The lowest BCUT2D eigenvalue weighted by Gasteiger charge is -2.08. The van der Waals surface area contributed by atoms with Crippen LogP contribution in [-0.4, -0.2) is 31.5 Å². The molecule has 21 heavy (non-hydrogen) atoms. The van der Waals surface area contributed by atoms with Gasteiger partial charge in [0.05, 0.1) is 5.51 Å². The molecule has 0 fully saturated rings. The molecule has 2 rings (SSSR count). The van der Waals surface area contributed by atoms with Crippen LogP contribution in [0.5, 0.6) is 0 Å².